The van der Waals surface area contributed by atoms with Crippen LogP contribution in [-0.4, -0.2) is 55.5 Å². The number of hydrogen-bond donors (Lipinski definition) is 3. The van der Waals surface area contributed by atoms with Crippen molar-refractivity contribution in [3.05, 3.63) is 4.88 Å². The van der Waals surface area contributed by atoms with Crippen molar-refractivity contribution in [3.8, 4) is 0 Å². The average Bonchev–Trinajstić information content (AvgIpc) is 2.86. The van der Waals surface area contributed by atoms with Gasteiger partial charge in [-0.25, -0.2) is 4.98 Å². The molecule has 0 radical (unpaired) electrons. The molecule has 0 unspecified atom stereocenters. The predicted octanol–water partition coefficient (Wildman–Crippen LogP) is 0.0642. The fourth-order valence-electron chi connectivity index (χ4n) is 1.89. The minimum absolute atomic E-state index is 0.139. The topological polar surface area (TPSA) is 101 Å². The Hall–Kier alpha value is -1.38. The monoisotopic (exact) mass is 300 g/mol. The second kappa shape index (κ2) is 7.41. The molecule has 1 aromatic rings. The summed E-state index contributed by atoms with van der Waals surface area (Å²) in [6.07, 6.45) is 1.43. The van der Waals surface area contributed by atoms with E-state index in [9.17, 15) is 4.79 Å². The number of morpholine rings is 1. The molecule has 2 rings (SSSR count). The van der Waals surface area contributed by atoms with Crippen molar-refractivity contribution < 1.29 is 14.6 Å². The number of aliphatic hydroxyl groups is 1. The maximum Gasteiger partial charge on any atom is 0.265 e. The van der Waals surface area contributed by atoms with E-state index in [4.69, 9.17) is 15.6 Å². The number of unbranched alkanes of at least 4 members (excludes halogenated alkanes) is 1. The lowest BCUT2D eigenvalue weighted by Gasteiger charge is -2.25. The Kier molecular flexibility index (Phi) is 5.57. The zero-order valence-corrected chi connectivity index (χ0v) is 12.1. The molecule has 4 N–H and O–H groups in total. The third-order valence-electron chi connectivity index (χ3n) is 3.00. The number of anilines is 2. The van der Waals surface area contributed by atoms with Gasteiger partial charge in [0.25, 0.3) is 5.91 Å². The molecule has 0 aromatic carbocycles. The summed E-state index contributed by atoms with van der Waals surface area (Å²) in [6, 6.07) is 0. The molecule has 2 heterocycles. The van der Waals surface area contributed by atoms with Crippen LogP contribution in [0.2, 0.25) is 0 Å². The van der Waals surface area contributed by atoms with Crippen LogP contribution < -0.4 is 16.0 Å². The van der Waals surface area contributed by atoms with Crippen molar-refractivity contribution in [3.63, 3.8) is 0 Å². The van der Waals surface area contributed by atoms with Gasteiger partial charge < -0.3 is 25.8 Å². The lowest BCUT2D eigenvalue weighted by Crippen LogP contribution is -2.36. The van der Waals surface area contributed by atoms with E-state index in [0.29, 0.717) is 31.1 Å². The van der Waals surface area contributed by atoms with Crippen LogP contribution in [0.1, 0.15) is 22.5 Å². The Labute approximate surface area is 121 Å². The molecule has 1 aromatic heterocycles. The van der Waals surface area contributed by atoms with Crippen molar-refractivity contribution >= 4 is 28.2 Å². The van der Waals surface area contributed by atoms with Crippen molar-refractivity contribution in [1.29, 1.82) is 0 Å². The second-order valence-electron chi connectivity index (χ2n) is 4.50. The van der Waals surface area contributed by atoms with E-state index in [1.807, 2.05) is 0 Å². The van der Waals surface area contributed by atoms with Gasteiger partial charge in [0, 0.05) is 26.2 Å². The normalized spacial score (nSPS) is 15.3. The van der Waals surface area contributed by atoms with Gasteiger partial charge in [-0.2, -0.15) is 0 Å². The maximum absolute atomic E-state index is 12.0. The standard InChI is InChI=1S/C12H20N4O3S/c13-10-9(11(18)14-3-1-2-6-17)20-12(15-10)16-4-7-19-8-5-16/h17H,1-8,13H2,(H,14,18). The highest BCUT2D eigenvalue weighted by Crippen LogP contribution is 2.28. The number of ether oxygens (including phenoxy) is 1. The van der Waals surface area contributed by atoms with Crippen molar-refractivity contribution in [1.82, 2.24) is 10.3 Å². The summed E-state index contributed by atoms with van der Waals surface area (Å²) in [7, 11) is 0. The second-order valence-corrected chi connectivity index (χ2v) is 5.47. The van der Waals surface area contributed by atoms with Gasteiger partial charge >= 0.3 is 0 Å². The third-order valence-corrected chi connectivity index (χ3v) is 4.13. The fourth-order valence-corrected chi connectivity index (χ4v) is 2.85. The minimum atomic E-state index is -0.197. The summed E-state index contributed by atoms with van der Waals surface area (Å²) in [6.45, 7) is 3.54. The molecule has 1 saturated heterocycles. The van der Waals surface area contributed by atoms with E-state index in [0.717, 1.165) is 24.6 Å². The van der Waals surface area contributed by atoms with Gasteiger partial charge in [-0.05, 0) is 12.8 Å². The Morgan fingerprint density at radius 1 is 1.45 bits per heavy atom. The van der Waals surface area contributed by atoms with Crippen LogP contribution in [0, 0.1) is 0 Å². The van der Waals surface area contributed by atoms with Gasteiger partial charge in [0.15, 0.2) is 5.13 Å². The number of hydrogen-bond acceptors (Lipinski definition) is 7. The highest BCUT2D eigenvalue weighted by atomic mass is 32.1. The highest BCUT2D eigenvalue weighted by molar-refractivity contribution is 7.18. The summed E-state index contributed by atoms with van der Waals surface area (Å²) in [5.41, 5.74) is 5.82. The molecule has 1 fully saturated rings. The van der Waals surface area contributed by atoms with Crippen LogP contribution in [0.15, 0.2) is 0 Å². The third kappa shape index (κ3) is 3.81. The first-order valence-electron chi connectivity index (χ1n) is 6.70. The van der Waals surface area contributed by atoms with Crippen LogP contribution in [0.4, 0.5) is 10.9 Å². The van der Waals surface area contributed by atoms with E-state index in [-0.39, 0.29) is 18.3 Å². The van der Waals surface area contributed by atoms with E-state index in [2.05, 4.69) is 15.2 Å². The van der Waals surface area contributed by atoms with Gasteiger partial charge in [-0.1, -0.05) is 11.3 Å². The van der Waals surface area contributed by atoms with Gasteiger partial charge in [-0.3, -0.25) is 4.79 Å². The number of nitrogens with zero attached hydrogens (tertiary/aromatic N) is 2. The van der Waals surface area contributed by atoms with Crippen LogP contribution in [0.3, 0.4) is 0 Å². The molecule has 112 valence electrons. The first-order valence-corrected chi connectivity index (χ1v) is 7.52. The summed E-state index contributed by atoms with van der Waals surface area (Å²) in [4.78, 5) is 18.8. The first-order chi connectivity index (χ1) is 9.72. The zero-order chi connectivity index (χ0) is 14.4. The first kappa shape index (κ1) is 15.0. The van der Waals surface area contributed by atoms with E-state index >= 15 is 0 Å². The van der Waals surface area contributed by atoms with Gasteiger partial charge in [-0.15, -0.1) is 0 Å². The number of carbonyl (C=O) groups excluding carboxylic acids is 1. The molecule has 0 atom stereocenters. The lowest BCUT2D eigenvalue weighted by molar-refractivity contribution is 0.0956. The largest absolute Gasteiger partial charge is 0.396 e. The number of nitrogen functional groups attached to an aromatic ring is 1. The summed E-state index contributed by atoms with van der Waals surface area (Å²) >= 11 is 1.31. The number of nitrogens with one attached hydrogen (secondary N) is 1. The van der Waals surface area contributed by atoms with Crippen molar-refractivity contribution in [2.75, 3.05) is 50.1 Å². The molecular weight excluding hydrogens is 280 g/mol. The molecule has 7 nitrogen and oxygen atoms in total. The molecule has 0 bridgehead atoms. The summed E-state index contributed by atoms with van der Waals surface area (Å²) in [5.74, 6) is 0.0774. The van der Waals surface area contributed by atoms with E-state index < -0.39 is 0 Å². The Bertz CT molecular complexity index is 446. The number of carbonyl (C=O) groups is 1. The number of aliphatic hydroxyl groups excluding tert-OH is 1. The molecule has 1 aliphatic heterocycles. The van der Waals surface area contributed by atoms with Gasteiger partial charge in [0.1, 0.15) is 10.7 Å². The number of thiazole rings is 1. The molecule has 8 heteroatoms. The molecule has 20 heavy (non-hydrogen) atoms. The quantitative estimate of drug-likeness (QED) is 0.643. The average molecular weight is 300 g/mol. The summed E-state index contributed by atoms with van der Waals surface area (Å²) < 4.78 is 5.29. The predicted molar refractivity (Wildman–Crippen MR) is 78.2 cm³/mol. The van der Waals surface area contributed by atoms with Crippen molar-refractivity contribution in [2.24, 2.45) is 0 Å². The smallest absolute Gasteiger partial charge is 0.265 e. The van der Waals surface area contributed by atoms with Crippen molar-refractivity contribution in [2.45, 2.75) is 12.8 Å². The lowest BCUT2D eigenvalue weighted by atomic mass is 10.3. The van der Waals surface area contributed by atoms with Gasteiger partial charge in [0.2, 0.25) is 0 Å². The van der Waals surface area contributed by atoms with Gasteiger partial charge in [0.05, 0.1) is 13.2 Å². The van der Waals surface area contributed by atoms with Crippen LogP contribution in [0.25, 0.3) is 0 Å². The molecule has 0 saturated carbocycles. The molecule has 0 aliphatic carbocycles. The SMILES string of the molecule is Nc1nc(N2CCOCC2)sc1C(=O)NCCCCO. The number of nitrogens with two attached hydrogens (primary N) is 1. The maximum atomic E-state index is 12.0. The fraction of sp³-hybridized carbons (Fsp3) is 0.667. The number of amides is 1. The minimum Gasteiger partial charge on any atom is -0.396 e. The van der Waals surface area contributed by atoms with E-state index in [1.165, 1.54) is 11.3 Å². The molecule has 0 spiro atoms. The highest BCUT2D eigenvalue weighted by Gasteiger charge is 2.20. The Morgan fingerprint density at radius 3 is 2.90 bits per heavy atom. The molecule has 1 aliphatic rings. The molecular formula is C12H20N4O3S. The summed E-state index contributed by atoms with van der Waals surface area (Å²) in [5, 5.41) is 12.2. The Morgan fingerprint density at radius 2 is 2.20 bits per heavy atom. The number of aromatic nitrogens is 1. The van der Waals surface area contributed by atoms with Crippen LogP contribution >= 0.6 is 11.3 Å². The van der Waals surface area contributed by atoms with Crippen LogP contribution in [0.5, 0.6) is 0 Å². The number of rotatable bonds is 6. The zero-order valence-electron chi connectivity index (χ0n) is 11.3. The van der Waals surface area contributed by atoms with E-state index in [1.54, 1.807) is 0 Å². The van der Waals surface area contributed by atoms with Crippen LogP contribution in [-0.2, 0) is 4.74 Å². The molecule has 1 amide bonds. The Balaban J connectivity index is 1.94.